The standard InChI is InChI=1S/C15H19NOS/c16-10-15(14-8-2-1-3-9-14)12-18(17)11-13-6-4-5-7-13/h1-3,8-9,13,15H,4-7,11-12H2. The molecule has 0 amide bonds. The summed E-state index contributed by atoms with van der Waals surface area (Å²) < 4.78 is 12.1. The van der Waals surface area contributed by atoms with Gasteiger partial charge in [-0.2, -0.15) is 5.26 Å². The molecular weight excluding hydrogens is 242 g/mol. The smallest absolute Gasteiger partial charge is 0.0827 e. The summed E-state index contributed by atoms with van der Waals surface area (Å²) in [5, 5.41) is 9.20. The molecule has 1 aromatic carbocycles. The van der Waals surface area contributed by atoms with E-state index in [-0.39, 0.29) is 5.92 Å². The van der Waals surface area contributed by atoms with Crippen LogP contribution in [0.15, 0.2) is 30.3 Å². The average molecular weight is 261 g/mol. The Labute approximate surface area is 111 Å². The van der Waals surface area contributed by atoms with Crippen molar-refractivity contribution in [2.75, 3.05) is 11.5 Å². The lowest BCUT2D eigenvalue weighted by Crippen LogP contribution is -2.15. The maximum atomic E-state index is 12.1. The van der Waals surface area contributed by atoms with Crippen LogP contribution < -0.4 is 0 Å². The first-order valence-corrected chi connectivity index (χ1v) is 8.08. The molecule has 18 heavy (non-hydrogen) atoms. The van der Waals surface area contributed by atoms with Gasteiger partial charge in [0.2, 0.25) is 0 Å². The molecule has 2 nitrogen and oxygen atoms in total. The fourth-order valence-corrected chi connectivity index (χ4v) is 4.22. The molecule has 0 N–H and O–H groups in total. The predicted molar refractivity (Wildman–Crippen MR) is 74.6 cm³/mol. The zero-order valence-electron chi connectivity index (χ0n) is 10.5. The molecule has 1 aliphatic carbocycles. The first-order valence-electron chi connectivity index (χ1n) is 6.59. The summed E-state index contributed by atoms with van der Waals surface area (Å²) in [6.07, 6.45) is 4.99. The van der Waals surface area contributed by atoms with Crippen molar-refractivity contribution < 1.29 is 4.21 Å². The Morgan fingerprint density at radius 1 is 1.28 bits per heavy atom. The van der Waals surface area contributed by atoms with Crippen molar-refractivity contribution in [2.24, 2.45) is 5.92 Å². The molecule has 0 radical (unpaired) electrons. The number of nitrogens with zero attached hydrogens (tertiary/aromatic N) is 1. The first kappa shape index (κ1) is 13.3. The topological polar surface area (TPSA) is 40.9 Å². The fraction of sp³-hybridized carbons (Fsp3) is 0.533. The molecule has 3 heteroatoms. The molecule has 0 aliphatic heterocycles. The van der Waals surface area contributed by atoms with Crippen molar-refractivity contribution in [2.45, 2.75) is 31.6 Å². The van der Waals surface area contributed by atoms with Crippen LogP contribution in [0.2, 0.25) is 0 Å². The van der Waals surface area contributed by atoms with Crippen LogP contribution in [0.5, 0.6) is 0 Å². The molecule has 1 saturated carbocycles. The Hall–Kier alpha value is -1.14. The highest BCUT2D eigenvalue weighted by Gasteiger charge is 2.20. The van der Waals surface area contributed by atoms with Crippen molar-refractivity contribution in [3.63, 3.8) is 0 Å². The lowest BCUT2D eigenvalue weighted by molar-refractivity contribution is 0.603. The molecular formula is C15H19NOS. The van der Waals surface area contributed by atoms with E-state index >= 15 is 0 Å². The lowest BCUT2D eigenvalue weighted by Gasteiger charge is -2.12. The van der Waals surface area contributed by atoms with Gasteiger partial charge < -0.3 is 0 Å². The van der Waals surface area contributed by atoms with Crippen LogP contribution in [0.25, 0.3) is 0 Å². The molecule has 1 aromatic rings. The molecule has 0 heterocycles. The molecule has 2 unspecified atom stereocenters. The van der Waals surface area contributed by atoms with Crippen LogP contribution in [0.3, 0.4) is 0 Å². The van der Waals surface area contributed by atoms with E-state index in [0.717, 1.165) is 11.3 Å². The third kappa shape index (κ3) is 3.68. The van der Waals surface area contributed by atoms with Gasteiger partial charge in [-0.1, -0.05) is 43.2 Å². The molecule has 1 aliphatic rings. The summed E-state index contributed by atoms with van der Waals surface area (Å²) >= 11 is 0. The van der Waals surface area contributed by atoms with E-state index in [2.05, 4.69) is 6.07 Å². The first-order chi connectivity index (χ1) is 8.79. The Kier molecular flexibility index (Phi) is 4.95. The van der Waals surface area contributed by atoms with E-state index in [1.54, 1.807) is 0 Å². The third-order valence-corrected chi connectivity index (χ3v) is 5.15. The second-order valence-electron chi connectivity index (χ2n) is 5.02. The maximum absolute atomic E-state index is 12.1. The largest absolute Gasteiger partial charge is 0.260 e. The number of hydrogen-bond donors (Lipinski definition) is 0. The van der Waals surface area contributed by atoms with Gasteiger partial charge in [0.25, 0.3) is 0 Å². The van der Waals surface area contributed by atoms with E-state index in [9.17, 15) is 9.47 Å². The van der Waals surface area contributed by atoms with Crippen LogP contribution >= 0.6 is 0 Å². The summed E-state index contributed by atoms with van der Waals surface area (Å²) in [5.41, 5.74) is 0.986. The van der Waals surface area contributed by atoms with E-state index < -0.39 is 10.8 Å². The van der Waals surface area contributed by atoms with Gasteiger partial charge in [0.1, 0.15) is 0 Å². The summed E-state index contributed by atoms with van der Waals surface area (Å²) in [6.45, 7) is 0. The fourth-order valence-electron chi connectivity index (χ4n) is 2.59. The lowest BCUT2D eigenvalue weighted by atomic mass is 10.0. The van der Waals surface area contributed by atoms with Gasteiger partial charge in [0, 0.05) is 22.3 Å². The van der Waals surface area contributed by atoms with Gasteiger partial charge in [-0.25, -0.2) is 0 Å². The summed E-state index contributed by atoms with van der Waals surface area (Å²) in [6, 6.07) is 12.0. The second kappa shape index (κ2) is 6.70. The van der Waals surface area contributed by atoms with Crippen molar-refractivity contribution >= 4 is 10.8 Å². The monoisotopic (exact) mass is 261 g/mol. The quantitative estimate of drug-likeness (QED) is 0.816. The zero-order chi connectivity index (χ0) is 12.8. The van der Waals surface area contributed by atoms with Gasteiger partial charge in [0.15, 0.2) is 0 Å². The average Bonchev–Trinajstić information content (AvgIpc) is 2.90. The highest BCUT2D eigenvalue weighted by molar-refractivity contribution is 7.85. The Balaban J connectivity index is 1.90. The van der Waals surface area contributed by atoms with Gasteiger partial charge in [-0.05, 0) is 24.3 Å². The summed E-state index contributed by atoms with van der Waals surface area (Å²) in [5.74, 6) is 1.66. The van der Waals surface area contributed by atoms with Gasteiger partial charge in [-0.15, -0.1) is 0 Å². The SMILES string of the molecule is N#CC(CS(=O)CC1CCCC1)c1ccccc1. The minimum absolute atomic E-state index is 0.228. The van der Waals surface area contributed by atoms with Crippen LogP contribution in [-0.4, -0.2) is 15.7 Å². The molecule has 2 rings (SSSR count). The van der Waals surface area contributed by atoms with E-state index in [4.69, 9.17) is 0 Å². The van der Waals surface area contributed by atoms with Gasteiger partial charge in [-0.3, -0.25) is 4.21 Å². The van der Waals surface area contributed by atoms with Crippen molar-refractivity contribution in [1.29, 1.82) is 5.26 Å². The van der Waals surface area contributed by atoms with Crippen LogP contribution in [-0.2, 0) is 10.8 Å². The van der Waals surface area contributed by atoms with Gasteiger partial charge in [0.05, 0.1) is 12.0 Å². The Morgan fingerprint density at radius 2 is 1.94 bits per heavy atom. The van der Waals surface area contributed by atoms with Crippen LogP contribution in [0.1, 0.15) is 37.2 Å². The normalized spacial score (nSPS) is 19.3. The molecule has 0 bridgehead atoms. The number of rotatable bonds is 5. The third-order valence-electron chi connectivity index (χ3n) is 3.61. The van der Waals surface area contributed by atoms with Crippen molar-refractivity contribution in [3.8, 4) is 6.07 Å². The maximum Gasteiger partial charge on any atom is 0.0827 e. The second-order valence-corrected chi connectivity index (χ2v) is 6.56. The highest BCUT2D eigenvalue weighted by Crippen LogP contribution is 2.26. The molecule has 0 spiro atoms. The molecule has 96 valence electrons. The van der Waals surface area contributed by atoms with E-state index in [1.165, 1.54) is 25.7 Å². The van der Waals surface area contributed by atoms with Crippen LogP contribution in [0, 0.1) is 17.2 Å². The number of benzene rings is 1. The number of hydrogen-bond acceptors (Lipinski definition) is 2. The van der Waals surface area contributed by atoms with E-state index in [1.807, 2.05) is 30.3 Å². The van der Waals surface area contributed by atoms with Crippen molar-refractivity contribution in [1.82, 2.24) is 0 Å². The zero-order valence-corrected chi connectivity index (χ0v) is 11.4. The summed E-state index contributed by atoms with van der Waals surface area (Å²) in [4.78, 5) is 0. The predicted octanol–water partition coefficient (Wildman–Crippen LogP) is 3.23. The molecule has 0 saturated heterocycles. The van der Waals surface area contributed by atoms with Gasteiger partial charge >= 0.3 is 0 Å². The Bertz CT molecular complexity index is 432. The molecule has 1 fully saturated rings. The minimum atomic E-state index is -0.863. The molecule has 2 atom stereocenters. The molecule has 0 aromatic heterocycles. The minimum Gasteiger partial charge on any atom is -0.260 e. The van der Waals surface area contributed by atoms with E-state index in [0.29, 0.717) is 11.7 Å². The highest BCUT2D eigenvalue weighted by atomic mass is 32.2. The Morgan fingerprint density at radius 3 is 2.56 bits per heavy atom. The van der Waals surface area contributed by atoms with Crippen LogP contribution in [0.4, 0.5) is 0 Å². The summed E-state index contributed by atoms with van der Waals surface area (Å²) in [7, 11) is -0.863. The number of nitriles is 1. The van der Waals surface area contributed by atoms with Crippen molar-refractivity contribution in [3.05, 3.63) is 35.9 Å².